The van der Waals surface area contributed by atoms with Gasteiger partial charge in [0.1, 0.15) is 11.3 Å². The molecule has 7 nitrogen and oxygen atoms in total. The van der Waals surface area contributed by atoms with E-state index in [0.29, 0.717) is 30.4 Å². The number of para-hydroxylation sites is 1. The SMILES string of the molecule is CCOc1ccc(NC(=O)COC(=O)c2ccccc2OC(F)F)cc1OCC. The van der Waals surface area contributed by atoms with Gasteiger partial charge in [-0.3, -0.25) is 4.79 Å². The normalized spacial score (nSPS) is 10.4. The summed E-state index contributed by atoms with van der Waals surface area (Å²) >= 11 is 0. The predicted octanol–water partition coefficient (Wildman–Crippen LogP) is 3.88. The maximum absolute atomic E-state index is 12.4. The first-order valence-corrected chi connectivity index (χ1v) is 8.85. The van der Waals surface area contributed by atoms with E-state index < -0.39 is 25.1 Å². The fourth-order valence-electron chi connectivity index (χ4n) is 2.37. The van der Waals surface area contributed by atoms with E-state index in [1.807, 2.05) is 13.8 Å². The van der Waals surface area contributed by atoms with E-state index in [9.17, 15) is 18.4 Å². The second-order valence-corrected chi connectivity index (χ2v) is 5.53. The Kier molecular flexibility index (Phi) is 8.20. The van der Waals surface area contributed by atoms with Crippen LogP contribution in [0.1, 0.15) is 24.2 Å². The van der Waals surface area contributed by atoms with E-state index >= 15 is 0 Å². The third kappa shape index (κ3) is 6.63. The lowest BCUT2D eigenvalue weighted by Crippen LogP contribution is -2.21. The van der Waals surface area contributed by atoms with Gasteiger partial charge in [0, 0.05) is 11.8 Å². The van der Waals surface area contributed by atoms with Crippen molar-refractivity contribution in [2.45, 2.75) is 20.5 Å². The van der Waals surface area contributed by atoms with Crippen molar-refractivity contribution in [2.75, 3.05) is 25.1 Å². The summed E-state index contributed by atoms with van der Waals surface area (Å²) < 4.78 is 44.9. The molecule has 2 rings (SSSR count). The first kappa shape index (κ1) is 21.9. The minimum atomic E-state index is -3.09. The summed E-state index contributed by atoms with van der Waals surface area (Å²) in [5, 5.41) is 2.56. The Morgan fingerprint density at radius 2 is 1.66 bits per heavy atom. The predicted molar refractivity (Wildman–Crippen MR) is 101 cm³/mol. The third-order valence-corrected chi connectivity index (χ3v) is 3.48. The highest BCUT2D eigenvalue weighted by Crippen LogP contribution is 2.30. The van der Waals surface area contributed by atoms with Gasteiger partial charge in [-0.1, -0.05) is 12.1 Å². The molecular weight excluding hydrogens is 388 g/mol. The lowest BCUT2D eigenvalue weighted by Gasteiger charge is -2.13. The first-order chi connectivity index (χ1) is 13.9. The number of benzene rings is 2. The summed E-state index contributed by atoms with van der Waals surface area (Å²) in [5.41, 5.74) is 0.208. The number of carbonyl (C=O) groups is 2. The van der Waals surface area contributed by atoms with Gasteiger partial charge in [0.15, 0.2) is 18.1 Å². The maximum atomic E-state index is 12.4. The number of anilines is 1. The highest BCUT2D eigenvalue weighted by molar-refractivity contribution is 5.96. The van der Waals surface area contributed by atoms with E-state index in [2.05, 4.69) is 10.1 Å². The average molecular weight is 409 g/mol. The van der Waals surface area contributed by atoms with Gasteiger partial charge in [-0.2, -0.15) is 8.78 Å². The Morgan fingerprint density at radius 1 is 0.966 bits per heavy atom. The summed E-state index contributed by atoms with van der Waals surface area (Å²) in [7, 11) is 0. The Bertz CT molecular complexity index is 843. The van der Waals surface area contributed by atoms with Gasteiger partial charge in [-0.05, 0) is 38.1 Å². The molecule has 156 valence electrons. The lowest BCUT2D eigenvalue weighted by molar-refractivity contribution is -0.119. The van der Waals surface area contributed by atoms with Crippen LogP contribution in [0.5, 0.6) is 17.2 Å². The molecule has 0 aliphatic heterocycles. The van der Waals surface area contributed by atoms with Gasteiger partial charge in [0.2, 0.25) is 0 Å². The molecule has 0 spiro atoms. The maximum Gasteiger partial charge on any atom is 0.387 e. The van der Waals surface area contributed by atoms with E-state index in [1.165, 1.54) is 24.3 Å². The van der Waals surface area contributed by atoms with Crippen LogP contribution in [0.2, 0.25) is 0 Å². The van der Waals surface area contributed by atoms with Crippen molar-refractivity contribution in [1.29, 1.82) is 0 Å². The lowest BCUT2D eigenvalue weighted by atomic mass is 10.2. The van der Waals surface area contributed by atoms with Gasteiger partial charge < -0.3 is 24.3 Å². The highest BCUT2D eigenvalue weighted by atomic mass is 19.3. The zero-order valence-corrected chi connectivity index (χ0v) is 15.9. The van der Waals surface area contributed by atoms with Crippen LogP contribution in [0, 0.1) is 0 Å². The molecule has 1 N–H and O–H groups in total. The fraction of sp³-hybridized carbons (Fsp3) is 0.300. The van der Waals surface area contributed by atoms with Gasteiger partial charge in [-0.25, -0.2) is 4.79 Å². The Labute approximate surface area is 166 Å². The summed E-state index contributed by atoms with van der Waals surface area (Å²) in [5.74, 6) is -0.910. The van der Waals surface area contributed by atoms with Crippen molar-refractivity contribution in [1.82, 2.24) is 0 Å². The van der Waals surface area contributed by atoms with Crippen LogP contribution < -0.4 is 19.5 Å². The van der Waals surface area contributed by atoms with Crippen LogP contribution in [-0.4, -0.2) is 38.3 Å². The molecule has 0 bridgehead atoms. The topological polar surface area (TPSA) is 83.1 Å². The molecule has 0 saturated carbocycles. The second-order valence-electron chi connectivity index (χ2n) is 5.53. The molecule has 0 heterocycles. The number of alkyl halides is 2. The molecule has 0 aliphatic carbocycles. The molecule has 0 aliphatic rings. The minimum Gasteiger partial charge on any atom is -0.490 e. The average Bonchev–Trinajstić information content (AvgIpc) is 2.68. The Hall–Kier alpha value is -3.36. The number of hydrogen-bond acceptors (Lipinski definition) is 6. The molecule has 0 saturated heterocycles. The van der Waals surface area contributed by atoms with Crippen molar-refractivity contribution in [3.05, 3.63) is 48.0 Å². The highest BCUT2D eigenvalue weighted by Gasteiger charge is 2.18. The Balaban J connectivity index is 1.98. The van der Waals surface area contributed by atoms with Gasteiger partial charge in [-0.15, -0.1) is 0 Å². The number of carbonyl (C=O) groups excluding carboxylic acids is 2. The smallest absolute Gasteiger partial charge is 0.387 e. The van der Waals surface area contributed by atoms with Crippen molar-refractivity contribution >= 4 is 17.6 Å². The molecular formula is C20H21F2NO6. The molecule has 29 heavy (non-hydrogen) atoms. The standard InChI is InChI=1S/C20H21F2NO6/c1-3-26-16-10-9-13(11-17(16)27-4-2)23-18(24)12-28-19(25)14-7-5-6-8-15(14)29-20(21)22/h5-11,20H,3-4,12H2,1-2H3,(H,23,24). The largest absolute Gasteiger partial charge is 0.490 e. The molecule has 0 fully saturated rings. The van der Waals surface area contributed by atoms with Crippen LogP contribution in [0.3, 0.4) is 0 Å². The molecule has 0 radical (unpaired) electrons. The van der Waals surface area contributed by atoms with Crippen LogP contribution in [-0.2, 0) is 9.53 Å². The van der Waals surface area contributed by atoms with E-state index in [0.717, 1.165) is 0 Å². The summed E-state index contributed by atoms with van der Waals surface area (Å²) in [6.45, 7) is 0.818. The summed E-state index contributed by atoms with van der Waals surface area (Å²) in [4.78, 5) is 24.2. The monoisotopic (exact) mass is 409 g/mol. The van der Waals surface area contributed by atoms with Crippen LogP contribution >= 0.6 is 0 Å². The van der Waals surface area contributed by atoms with Crippen molar-refractivity contribution in [3.63, 3.8) is 0 Å². The number of rotatable bonds is 10. The molecule has 0 atom stereocenters. The molecule has 9 heteroatoms. The first-order valence-electron chi connectivity index (χ1n) is 8.85. The van der Waals surface area contributed by atoms with E-state index in [1.54, 1.807) is 18.2 Å². The molecule has 1 amide bonds. The zero-order chi connectivity index (χ0) is 21.2. The number of hydrogen-bond donors (Lipinski definition) is 1. The van der Waals surface area contributed by atoms with Gasteiger partial charge >= 0.3 is 12.6 Å². The van der Waals surface area contributed by atoms with Crippen LogP contribution in [0.4, 0.5) is 14.5 Å². The third-order valence-electron chi connectivity index (χ3n) is 3.48. The summed E-state index contributed by atoms with van der Waals surface area (Å²) in [6.07, 6.45) is 0. The second kappa shape index (κ2) is 10.8. The molecule has 0 aromatic heterocycles. The van der Waals surface area contributed by atoms with E-state index in [4.69, 9.17) is 14.2 Å². The van der Waals surface area contributed by atoms with Gasteiger partial charge in [0.05, 0.1) is 13.2 Å². The number of amides is 1. The zero-order valence-electron chi connectivity index (χ0n) is 15.9. The quantitative estimate of drug-likeness (QED) is 0.600. The fourth-order valence-corrected chi connectivity index (χ4v) is 2.37. The number of ether oxygens (including phenoxy) is 4. The van der Waals surface area contributed by atoms with Crippen molar-refractivity contribution < 1.29 is 37.3 Å². The number of nitrogens with one attached hydrogen (secondary N) is 1. The Morgan fingerprint density at radius 3 is 2.34 bits per heavy atom. The van der Waals surface area contributed by atoms with E-state index in [-0.39, 0.29) is 11.3 Å². The minimum absolute atomic E-state index is 0.208. The number of esters is 1. The molecule has 2 aromatic rings. The molecule has 0 unspecified atom stereocenters. The van der Waals surface area contributed by atoms with Crippen LogP contribution in [0.15, 0.2) is 42.5 Å². The van der Waals surface area contributed by atoms with Crippen molar-refractivity contribution in [3.8, 4) is 17.2 Å². The molecule has 2 aromatic carbocycles. The summed E-state index contributed by atoms with van der Waals surface area (Å²) in [6, 6.07) is 10.2. The number of halogens is 2. The van der Waals surface area contributed by atoms with Gasteiger partial charge in [0.25, 0.3) is 5.91 Å². The van der Waals surface area contributed by atoms with Crippen molar-refractivity contribution in [2.24, 2.45) is 0 Å². The van der Waals surface area contributed by atoms with Crippen LogP contribution in [0.25, 0.3) is 0 Å².